The molecule has 0 bridgehead atoms. The normalized spacial score (nSPS) is 10.1. The zero-order valence-corrected chi connectivity index (χ0v) is 13.2. The zero-order chi connectivity index (χ0) is 16.1. The molecule has 0 unspecified atom stereocenters. The van der Waals surface area contributed by atoms with Gasteiger partial charge in [-0.05, 0) is 49.4 Å². The van der Waals surface area contributed by atoms with E-state index in [9.17, 15) is 9.59 Å². The third-order valence-corrected chi connectivity index (χ3v) is 3.21. The van der Waals surface area contributed by atoms with E-state index in [2.05, 4.69) is 5.32 Å². The van der Waals surface area contributed by atoms with Crippen LogP contribution >= 0.6 is 23.2 Å². The van der Waals surface area contributed by atoms with Crippen LogP contribution in [0.25, 0.3) is 0 Å². The van der Waals surface area contributed by atoms with Gasteiger partial charge in [0, 0.05) is 21.3 Å². The Balaban J connectivity index is 1.91. The molecule has 4 nitrogen and oxygen atoms in total. The number of Topliss-reactive ketones (excluding diaryl/α,β-unsaturated/α-hetero) is 1. The Morgan fingerprint density at radius 2 is 1.64 bits per heavy atom. The zero-order valence-electron chi connectivity index (χ0n) is 11.7. The Hall–Kier alpha value is -2.04. The van der Waals surface area contributed by atoms with Crippen molar-refractivity contribution >= 4 is 40.6 Å². The molecule has 2 rings (SSSR count). The Bertz CT molecular complexity index is 679. The van der Waals surface area contributed by atoms with Crippen molar-refractivity contribution in [1.82, 2.24) is 0 Å². The van der Waals surface area contributed by atoms with Crippen LogP contribution in [0.15, 0.2) is 42.5 Å². The average Bonchev–Trinajstić information content (AvgIpc) is 2.44. The van der Waals surface area contributed by atoms with E-state index in [0.717, 1.165) is 0 Å². The van der Waals surface area contributed by atoms with Crippen LogP contribution in [0.5, 0.6) is 5.75 Å². The minimum absolute atomic E-state index is 0.0258. The van der Waals surface area contributed by atoms with Crippen LogP contribution in [-0.4, -0.2) is 18.3 Å². The molecule has 2 aromatic rings. The summed E-state index contributed by atoms with van der Waals surface area (Å²) in [6.45, 7) is 1.32. The van der Waals surface area contributed by atoms with Gasteiger partial charge in [0.2, 0.25) is 0 Å². The summed E-state index contributed by atoms with van der Waals surface area (Å²) in [5, 5.41) is 3.50. The second kappa shape index (κ2) is 7.29. The van der Waals surface area contributed by atoms with Gasteiger partial charge in [0.25, 0.3) is 5.91 Å². The first-order valence-electron chi connectivity index (χ1n) is 6.44. The maximum atomic E-state index is 11.8. The summed E-state index contributed by atoms with van der Waals surface area (Å²) < 4.78 is 5.35. The molecule has 0 atom stereocenters. The molecule has 0 aliphatic carbocycles. The van der Waals surface area contributed by atoms with Crippen molar-refractivity contribution in [1.29, 1.82) is 0 Å². The number of hydrogen-bond donors (Lipinski definition) is 1. The molecule has 0 saturated heterocycles. The molecule has 0 heterocycles. The predicted molar refractivity (Wildman–Crippen MR) is 87.0 cm³/mol. The first kappa shape index (κ1) is 16.3. The number of benzene rings is 2. The Labute approximate surface area is 138 Å². The van der Waals surface area contributed by atoms with Gasteiger partial charge in [-0.2, -0.15) is 0 Å². The van der Waals surface area contributed by atoms with E-state index in [-0.39, 0.29) is 18.3 Å². The number of nitrogens with one attached hydrogen (secondary N) is 1. The van der Waals surface area contributed by atoms with Gasteiger partial charge >= 0.3 is 0 Å². The van der Waals surface area contributed by atoms with Crippen LogP contribution in [0, 0.1) is 0 Å². The Kier molecular flexibility index (Phi) is 5.41. The third kappa shape index (κ3) is 4.76. The van der Waals surface area contributed by atoms with Crippen LogP contribution in [0.4, 0.5) is 5.69 Å². The molecule has 0 aliphatic rings. The van der Waals surface area contributed by atoms with E-state index in [1.807, 2.05) is 0 Å². The maximum Gasteiger partial charge on any atom is 0.262 e. The number of hydrogen-bond acceptors (Lipinski definition) is 3. The van der Waals surface area contributed by atoms with Gasteiger partial charge in [0.05, 0.1) is 0 Å². The van der Waals surface area contributed by atoms with Crippen LogP contribution < -0.4 is 10.1 Å². The lowest BCUT2D eigenvalue weighted by Gasteiger charge is -2.08. The number of rotatable bonds is 5. The summed E-state index contributed by atoms with van der Waals surface area (Å²) in [5.74, 6) is 0.139. The van der Waals surface area contributed by atoms with E-state index < -0.39 is 0 Å². The molecular weight excluding hydrogens is 325 g/mol. The smallest absolute Gasteiger partial charge is 0.262 e. The SMILES string of the molecule is CC(=O)c1ccc(OCC(=O)Nc2cc(Cl)cc(Cl)c2)cc1. The molecule has 1 N–H and O–H groups in total. The van der Waals surface area contributed by atoms with Gasteiger partial charge in [-0.25, -0.2) is 0 Å². The fraction of sp³-hybridized carbons (Fsp3) is 0.125. The molecule has 0 aromatic heterocycles. The Morgan fingerprint density at radius 3 is 2.18 bits per heavy atom. The lowest BCUT2D eigenvalue weighted by atomic mass is 10.1. The maximum absolute atomic E-state index is 11.8. The molecule has 0 fully saturated rings. The standard InChI is InChI=1S/C16H13Cl2NO3/c1-10(20)11-2-4-15(5-3-11)22-9-16(21)19-14-7-12(17)6-13(18)8-14/h2-8H,9H2,1H3,(H,19,21). The molecule has 0 aliphatic heterocycles. The summed E-state index contributed by atoms with van der Waals surface area (Å²) >= 11 is 11.7. The summed E-state index contributed by atoms with van der Waals surface area (Å²) in [7, 11) is 0. The summed E-state index contributed by atoms with van der Waals surface area (Å²) in [6, 6.07) is 11.3. The molecule has 6 heteroatoms. The van der Waals surface area contributed by atoms with Crippen molar-refractivity contribution in [3.05, 3.63) is 58.1 Å². The third-order valence-electron chi connectivity index (χ3n) is 2.78. The minimum Gasteiger partial charge on any atom is -0.484 e. The quantitative estimate of drug-likeness (QED) is 0.831. The highest BCUT2D eigenvalue weighted by Gasteiger charge is 2.06. The van der Waals surface area contributed by atoms with Gasteiger partial charge in [-0.1, -0.05) is 23.2 Å². The second-order valence-electron chi connectivity index (χ2n) is 4.58. The van der Waals surface area contributed by atoms with E-state index in [1.54, 1.807) is 42.5 Å². The van der Waals surface area contributed by atoms with Gasteiger partial charge in [-0.15, -0.1) is 0 Å². The average molecular weight is 338 g/mol. The lowest BCUT2D eigenvalue weighted by Crippen LogP contribution is -2.20. The van der Waals surface area contributed by atoms with E-state index in [4.69, 9.17) is 27.9 Å². The highest BCUT2D eigenvalue weighted by Crippen LogP contribution is 2.22. The highest BCUT2D eigenvalue weighted by atomic mass is 35.5. The topological polar surface area (TPSA) is 55.4 Å². The van der Waals surface area contributed by atoms with Gasteiger partial charge < -0.3 is 10.1 Å². The van der Waals surface area contributed by atoms with E-state index in [1.165, 1.54) is 6.92 Å². The monoisotopic (exact) mass is 337 g/mol. The van der Waals surface area contributed by atoms with Gasteiger partial charge in [-0.3, -0.25) is 9.59 Å². The minimum atomic E-state index is -0.339. The number of halogens is 2. The van der Waals surface area contributed by atoms with Crippen LogP contribution in [0.1, 0.15) is 17.3 Å². The van der Waals surface area contributed by atoms with Crippen molar-refractivity contribution in [3.8, 4) is 5.75 Å². The summed E-state index contributed by atoms with van der Waals surface area (Å²) in [5.41, 5.74) is 1.09. The molecule has 0 spiro atoms. The first-order valence-corrected chi connectivity index (χ1v) is 7.19. The van der Waals surface area contributed by atoms with Crippen molar-refractivity contribution < 1.29 is 14.3 Å². The summed E-state index contributed by atoms with van der Waals surface area (Å²) in [4.78, 5) is 23.0. The number of anilines is 1. The molecule has 0 saturated carbocycles. The second-order valence-corrected chi connectivity index (χ2v) is 5.45. The van der Waals surface area contributed by atoms with Crippen LogP contribution in [-0.2, 0) is 4.79 Å². The van der Waals surface area contributed by atoms with E-state index in [0.29, 0.717) is 27.0 Å². The fourth-order valence-electron chi connectivity index (χ4n) is 1.76. The lowest BCUT2D eigenvalue weighted by molar-refractivity contribution is -0.118. The number of carbonyl (C=O) groups is 2. The largest absolute Gasteiger partial charge is 0.484 e. The number of ketones is 1. The molecule has 22 heavy (non-hydrogen) atoms. The number of amides is 1. The van der Waals surface area contributed by atoms with Crippen LogP contribution in [0.2, 0.25) is 10.0 Å². The molecule has 1 amide bonds. The van der Waals surface area contributed by atoms with Crippen molar-refractivity contribution in [3.63, 3.8) is 0 Å². The molecule has 0 radical (unpaired) electrons. The van der Waals surface area contributed by atoms with Crippen molar-refractivity contribution in [2.45, 2.75) is 6.92 Å². The van der Waals surface area contributed by atoms with Crippen molar-refractivity contribution in [2.24, 2.45) is 0 Å². The van der Waals surface area contributed by atoms with Crippen LogP contribution in [0.3, 0.4) is 0 Å². The number of ether oxygens (including phenoxy) is 1. The summed E-state index contributed by atoms with van der Waals surface area (Å²) in [6.07, 6.45) is 0. The van der Waals surface area contributed by atoms with Gasteiger partial charge in [0.15, 0.2) is 12.4 Å². The highest BCUT2D eigenvalue weighted by molar-refractivity contribution is 6.35. The Morgan fingerprint density at radius 1 is 1.05 bits per heavy atom. The fourth-order valence-corrected chi connectivity index (χ4v) is 2.28. The number of carbonyl (C=O) groups excluding carboxylic acids is 2. The van der Waals surface area contributed by atoms with Crippen molar-refractivity contribution in [2.75, 3.05) is 11.9 Å². The first-order chi connectivity index (χ1) is 10.4. The van der Waals surface area contributed by atoms with E-state index >= 15 is 0 Å². The molecular formula is C16H13Cl2NO3. The van der Waals surface area contributed by atoms with Gasteiger partial charge in [0.1, 0.15) is 5.75 Å². The molecule has 114 valence electrons. The molecule has 2 aromatic carbocycles. The predicted octanol–water partition coefficient (Wildman–Crippen LogP) is 4.21.